The summed E-state index contributed by atoms with van der Waals surface area (Å²) in [4.78, 5) is 23.1. The maximum atomic E-state index is 12.1. The predicted octanol–water partition coefficient (Wildman–Crippen LogP) is 2.69. The van der Waals surface area contributed by atoms with Gasteiger partial charge in [-0.15, -0.1) is 0 Å². The fourth-order valence-corrected chi connectivity index (χ4v) is 2.13. The number of halogens is 3. The molecule has 1 amide bonds. The molecule has 1 aliphatic rings. The molecular formula is C13H12ClF2NO4. The van der Waals surface area contributed by atoms with Crippen LogP contribution in [0.15, 0.2) is 18.2 Å². The van der Waals surface area contributed by atoms with Gasteiger partial charge in [0, 0.05) is 5.69 Å². The summed E-state index contributed by atoms with van der Waals surface area (Å²) in [7, 11) is 1.26. The molecule has 0 saturated heterocycles. The lowest BCUT2D eigenvalue weighted by Crippen LogP contribution is -2.17. The minimum absolute atomic E-state index is 0.0478. The molecule has 5 nitrogen and oxygen atoms in total. The van der Waals surface area contributed by atoms with E-state index in [2.05, 4.69) is 14.8 Å². The van der Waals surface area contributed by atoms with Crippen molar-refractivity contribution in [2.75, 3.05) is 12.4 Å². The Morgan fingerprint density at radius 2 is 2.10 bits per heavy atom. The van der Waals surface area contributed by atoms with E-state index in [0.717, 1.165) is 0 Å². The quantitative estimate of drug-likeness (QED) is 0.848. The van der Waals surface area contributed by atoms with Crippen molar-refractivity contribution in [3.8, 4) is 5.75 Å². The van der Waals surface area contributed by atoms with Gasteiger partial charge >= 0.3 is 12.6 Å². The normalized spacial score (nSPS) is 20.0. The van der Waals surface area contributed by atoms with Gasteiger partial charge in [0.25, 0.3) is 0 Å². The van der Waals surface area contributed by atoms with Crippen molar-refractivity contribution < 1.29 is 27.8 Å². The number of methoxy groups -OCH3 is 1. The minimum Gasteiger partial charge on any atom is -0.469 e. The van der Waals surface area contributed by atoms with E-state index >= 15 is 0 Å². The van der Waals surface area contributed by atoms with Crippen molar-refractivity contribution >= 4 is 29.2 Å². The summed E-state index contributed by atoms with van der Waals surface area (Å²) < 4.78 is 32.9. The van der Waals surface area contributed by atoms with Gasteiger partial charge in [-0.05, 0) is 24.6 Å². The molecule has 8 heteroatoms. The lowest BCUT2D eigenvalue weighted by atomic mass is 10.2. The van der Waals surface area contributed by atoms with Crippen LogP contribution in [0.25, 0.3) is 0 Å². The number of hydrogen-bond donors (Lipinski definition) is 1. The number of esters is 1. The lowest BCUT2D eigenvalue weighted by Gasteiger charge is -2.09. The fourth-order valence-electron chi connectivity index (χ4n) is 1.90. The molecule has 0 bridgehead atoms. The molecule has 0 aromatic heterocycles. The van der Waals surface area contributed by atoms with Crippen molar-refractivity contribution in [1.82, 2.24) is 0 Å². The molecule has 1 aromatic carbocycles. The number of benzene rings is 1. The highest BCUT2D eigenvalue weighted by Gasteiger charge is 2.48. The molecule has 0 spiro atoms. The number of hydrogen-bond acceptors (Lipinski definition) is 4. The van der Waals surface area contributed by atoms with E-state index in [1.807, 2.05) is 0 Å². The van der Waals surface area contributed by atoms with E-state index < -0.39 is 24.4 Å². The summed E-state index contributed by atoms with van der Waals surface area (Å²) in [5.74, 6) is -1.80. The minimum atomic E-state index is -2.98. The van der Waals surface area contributed by atoms with Gasteiger partial charge in [0.1, 0.15) is 5.75 Å². The maximum absolute atomic E-state index is 12.1. The van der Waals surface area contributed by atoms with Gasteiger partial charge in [-0.2, -0.15) is 8.78 Å². The molecule has 114 valence electrons. The zero-order valence-corrected chi connectivity index (χ0v) is 11.7. The molecule has 0 heterocycles. The first kappa shape index (κ1) is 15.5. The SMILES string of the molecule is COC(=O)[C@H]1C[C@H]1C(=O)Nc1ccc(OC(F)F)c(Cl)c1. The van der Waals surface area contributed by atoms with Crippen LogP contribution in [0.4, 0.5) is 14.5 Å². The third-order valence-electron chi connectivity index (χ3n) is 3.05. The zero-order valence-electron chi connectivity index (χ0n) is 10.9. The van der Waals surface area contributed by atoms with Crippen molar-refractivity contribution in [3.05, 3.63) is 23.2 Å². The zero-order chi connectivity index (χ0) is 15.6. The number of carbonyl (C=O) groups excluding carboxylic acids is 2. The van der Waals surface area contributed by atoms with Gasteiger partial charge in [-0.25, -0.2) is 0 Å². The molecule has 2 atom stereocenters. The largest absolute Gasteiger partial charge is 0.469 e. The molecule has 1 fully saturated rings. The van der Waals surface area contributed by atoms with Crippen LogP contribution in [0.5, 0.6) is 5.75 Å². The van der Waals surface area contributed by atoms with Crippen LogP contribution in [0.3, 0.4) is 0 Å². The molecule has 1 N–H and O–H groups in total. The Balaban J connectivity index is 1.96. The van der Waals surface area contributed by atoms with Crippen molar-refractivity contribution in [3.63, 3.8) is 0 Å². The summed E-state index contributed by atoms with van der Waals surface area (Å²) in [5, 5.41) is 2.51. The van der Waals surface area contributed by atoms with E-state index in [0.29, 0.717) is 12.1 Å². The van der Waals surface area contributed by atoms with Gasteiger partial charge in [-0.3, -0.25) is 9.59 Å². The molecule has 1 saturated carbocycles. The summed E-state index contributed by atoms with van der Waals surface area (Å²) in [6, 6.07) is 3.92. The van der Waals surface area contributed by atoms with E-state index in [9.17, 15) is 18.4 Å². The number of anilines is 1. The third-order valence-corrected chi connectivity index (χ3v) is 3.34. The monoisotopic (exact) mass is 319 g/mol. The smallest absolute Gasteiger partial charge is 0.387 e. The number of rotatable bonds is 5. The number of nitrogens with one attached hydrogen (secondary N) is 1. The maximum Gasteiger partial charge on any atom is 0.387 e. The molecule has 1 aromatic rings. The topological polar surface area (TPSA) is 64.6 Å². The number of amides is 1. The van der Waals surface area contributed by atoms with E-state index in [1.165, 1.54) is 25.3 Å². The summed E-state index contributed by atoms with van der Waals surface area (Å²) >= 11 is 5.77. The van der Waals surface area contributed by atoms with Gasteiger partial charge < -0.3 is 14.8 Å². The molecular weight excluding hydrogens is 308 g/mol. The van der Waals surface area contributed by atoms with Crippen LogP contribution >= 0.6 is 11.6 Å². The number of alkyl halides is 2. The van der Waals surface area contributed by atoms with Crippen molar-refractivity contribution in [1.29, 1.82) is 0 Å². The second-order valence-electron chi connectivity index (χ2n) is 4.48. The van der Waals surface area contributed by atoms with E-state index in [1.54, 1.807) is 0 Å². The first-order valence-corrected chi connectivity index (χ1v) is 6.43. The van der Waals surface area contributed by atoms with Gasteiger partial charge in [0.2, 0.25) is 5.91 Å². The lowest BCUT2D eigenvalue weighted by molar-refractivity contribution is -0.143. The Kier molecular flexibility index (Phi) is 4.62. The highest BCUT2D eigenvalue weighted by atomic mass is 35.5. The van der Waals surface area contributed by atoms with Crippen LogP contribution in [-0.2, 0) is 14.3 Å². The molecule has 21 heavy (non-hydrogen) atoms. The Labute approximate surface area is 124 Å². The van der Waals surface area contributed by atoms with Crippen molar-refractivity contribution in [2.45, 2.75) is 13.0 Å². The Hall–Kier alpha value is -1.89. The molecule has 1 aliphatic carbocycles. The number of ether oxygens (including phenoxy) is 2. The van der Waals surface area contributed by atoms with Gasteiger partial charge in [0.05, 0.1) is 24.0 Å². The summed E-state index contributed by atoms with van der Waals surface area (Å²) in [6.07, 6.45) is 0.429. The highest BCUT2D eigenvalue weighted by molar-refractivity contribution is 6.32. The van der Waals surface area contributed by atoms with Crippen LogP contribution in [0.1, 0.15) is 6.42 Å². The summed E-state index contributed by atoms with van der Waals surface area (Å²) in [6.45, 7) is -2.98. The van der Waals surface area contributed by atoms with Crippen LogP contribution in [0, 0.1) is 11.8 Å². The molecule has 0 unspecified atom stereocenters. The molecule has 2 rings (SSSR count). The number of carbonyl (C=O) groups is 2. The molecule has 0 radical (unpaired) electrons. The van der Waals surface area contributed by atoms with Gasteiger partial charge in [-0.1, -0.05) is 11.6 Å². The van der Waals surface area contributed by atoms with E-state index in [-0.39, 0.29) is 16.7 Å². The second-order valence-corrected chi connectivity index (χ2v) is 4.89. The standard InChI is InChI=1S/C13H12ClF2NO4/c1-20-12(19)8-5-7(8)11(18)17-6-2-3-10(9(14)4-6)21-13(15)16/h2-4,7-8,13H,5H2,1H3,(H,17,18)/t7-,8+/m1/s1. The fraction of sp³-hybridized carbons (Fsp3) is 0.385. The van der Waals surface area contributed by atoms with Crippen LogP contribution in [0.2, 0.25) is 5.02 Å². The Bertz CT molecular complexity index is 567. The van der Waals surface area contributed by atoms with Crippen LogP contribution in [-0.4, -0.2) is 25.6 Å². The van der Waals surface area contributed by atoms with E-state index in [4.69, 9.17) is 11.6 Å². The first-order chi connectivity index (χ1) is 9.92. The summed E-state index contributed by atoms with van der Waals surface area (Å²) in [5.41, 5.74) is 0.335. The third kappa shape index (κ3) is 3.81. The second kappa shape index (κ2) is 6.26. The Morgan fingerprint density at radius 3 is 2.67 bits per heavy atom. The predicted molar refractivity (Wildman–Crippen MR) is 70.3 cm³/mol. The first-order valence-electron chi connectivity index (χ1n) is 6.05. The average Bonchev–Trinajstić information content (AvgIpc) is 3.21. The Morgan fingerprint density at radius 1 is 1.38 bits per heavy atom. The van der Waals surface area contributed by atoms with Crippen LogP contribution < -0.4 is 10.1 Å². The highest BCUT2D eigenvalue weighted by Crippen LogP contribution is 2.40. The van der Waals surface area contributed by atoms with Crippen molar-refractivity contribution in [2.24, 2.45) is 11.8 Å². The average molecular weight is 320 g/mol. The molecule has 0 aliphatic heterocycles. The van der Waals surface area contributed by atoms with Gasteiger partial charge in [0.15, 0.2) is 0 Å².